The minimum atomic E-state index is -0.162. The molecule has 0 aromatic heterocycles. The Morgan fingerprint density at radius 1 is 1.05 bits per heavy atom. The molecule has 0 aliphatic rings. The van der Waals surface area contributed by atoms with Crippen molar-refractivity contribution in [3.05, 3.63) is 60.2 Å². The van der Waals surface area contributed by atoms with E-state index < -0.39 is 0 Å². The van der Waals surface area contributed by atoms with Crippen molar-refractivity contribution >= 4 is 23.7 Å². The molecule has 0 aliphatic carbocycles. The molecule has 0 N–H and O–H groups in total. The van der Waals surface area contributed by atoms with E-state index in [1.807, 2.05) is 43.7 Å². The van der Waals surface area contributed by atoms with Gasteiger partial charge in [0.15, 0.2) is 0 Å². The normalized spacial score (nSPS) is 10.0. The number of anilines is 2. The van der Waals surface area contributed by atoms with Gasteiger partial charge in [-0.15, -0.1) is 0 Å². The van der Waals surface area contributed by atoms with E-state index in [-0.39, 0.29) is 5.91 Å². The number of benzene rings is 2. The molecule has 0 heterocycles. The van der Waals surface area contributed by atoms with Crippen LogP contribution in [0.3, 0.4) is 0 Å². The lowest BCUT2D eigenvalue weighted by atomic mass is 10.1. The number of amides is 2. The van der Waals surface area contributed by atoms with Crippen molar-refractivity contribution in [3.63, 3.8) is 0 Å². The fourth-order valence-electron chi connectivity index (χ4n) is 2.12. The van der Waals surface area contributed by atoms with Crippen LogP contribution in [0, 0.1) is 0 Å². The van der Waals surface area contributed by atoms with Crippen molar-refractivity contribution in [3.8, 4) is 0 Å². The summed E-state index contributed by atoms with van der Waals surface area (Å²) in [6.07, 6.45) is 1.85. The Hall–Kier alpha value is -2.62. The summed E-state index contributed by atoms with van der Waals surface area (Å²) >= 11 is 0. The number of para-hydroxylation sites is 2. The van der Waals surface area contributed by atoms with Crippen LogP contribution < -0.4 is 9.80 Å². The van der Waals surface area contributed by atoms with Crippen LogP contribution in [0.25, 0.3) is 0 Å². The summed E-state index contributed by atoms with van der Waals surface area (Å²) in [7, 11) is 1.72. The Morgan fingerprint density at radius 2 is 1.67 bits per heavy atom. The Labute approximate surface area is 124 Å². The van der Waals surface area contributed by atoms with Gasteiger partial charge in [0.25, 0.3) is 5.91 Å². The maximum atomic E-state index is 12.7. The number of carbonyl (C=O) groups excluding carboxylic acids is 2. The Kier molecular flexibility index (Phi) is 4.72. The first-order valence-electron chi connectivity index (χ1n) is 6.76. The van der Waals surface area contributed by atoms with Crippen molar-refractivity contribution in [1.82, 2.24) is 0 Å². The number of hydrogen-bond donors (Lipinski definition) is 0. The molecule has 107 valence electrons. The molecule has 0 saturated carbocycles. The molecule has 2 rings (SSSR count). The maximum Gasteiger partial charge on any atom is 0.316 e. The molecule has 2 aromatic rings. The van der Waals surface area contributed by atoms with Crippen molar-refractivity contribution in [1.29, 1.82) is 0 Å². The zero-order valence-electron chi connectivity index (χ0n) is 12.1. The summed E-state index contributed by atoms with van der Waals surface area (Å²) in [5.74, 6) is -0.162. The van der Waals surface area contributed by atoms with Crippen LogP contribution >= 0.6 is 0 Å². The van der Waals surface area contributed by atoms with Gasteiger partial charge in [0.2, 0.25) is 0 Å². The third-order valence-electron chi connectivity index (χ3n) is 3.30. The van der Waals surface area contributed by atoms with Crippen LogP contribution in [0.15, 0.2) is 54.6 Å². The molecule has 2 amide bonds. The minimum absolute atomic E-state index is 0.162. The Balaban J connectivity index is 2.38. The van der Waals surface area contributed by atoms with Crippen LogP contribution in [0.5, 0.6) is 0 Å². The van der Waals surface area contributed by atoms with E-state index in [9.17, 15) is 9.59 Å². The second-order valence-electron chi connectivity index (χ2n) is 4.55. The first-order valence-corrected chi connectivity index (χ1v) is 6.76. The van der Waals surface area contributed by atoms with Crippen molar-refractivity contribution in [2.45, 2.75) is 6.92 Å². The Morgan fingerprint density at radius 3 is 2.29 bits per heavy atom. The fourth-order valence-corrected chi connectivity index (χ4v) is 2.12. The highest BCUT2D eigenvalue weighted by Gasteiger charge is 2.19. The molecular formula is C17H17N2O2. The van der Waals surface area contributed by atoms with E-state index in [1.165, 1.54) is 4.90 Å². The van der Waals surface area contributed by atoms with E-state index in [4.69, 9.17) is 0 Å². The van der Waals surface area contributed by atoms with E-state index >= 15 is 0 Å². The van der Waals surface area contributed by atoms with Crippen molar-refractivity contribution in [2.24, 2.45) is 0 Å². The van der Waals surface area contributed by atoms with Crippen LogP contribution in [-0.4, -0.2) is 25.9 Å². The van der Waals surface area contributed by atoms with Gasteiger partial charge in [-0.05, 0) is 31.2 Å². The topological polar surface area (TPSA) is 40.6 Å². The first-order chi connectivity index (χ1) is 10.2. The third kappa shape index (κ3) is 3.11. The van der Waals surface area contributed by atoms with Crippen molar-refractivity contribution in [2.75, 3.05) is 23.4 Å². The van der Waals surface area contributed by atoms with Gasteiger partial charge in [-0.25, -0.2) is 0 Å². The molecule has 4 heteroatoms. The van der Waals surface area contributed by atoms with Gasteiger partial charge >= 0.3 is 6.41 Å². The molecule has 0 spiro atoms. The van der Waals surface area contributed by atoms with Gasteiger partial charge in [0.05, 0.1) is 11.3 Å². The summed E-state index contributed by atoms with van der Waals surface area (Å²) < 4.78 is 0. The van der Waals surface area contributed by atoms with Crippen LogP contribution in [0.1, 0.15) is 17.3 Å². The molecule has 2 aromatic carbocycles. The highest BCUT2D eigenvalue weighted by molar-refractivity contribution is 6.10. The summed E-state index contributed by atoms with van der Waals surface area (Å²) in [5.41, 5.74) is 1.85. The lowest BCUT2D eigenvalue weighted by Crippen LogP contribution is -2.29. The summed E-state index contributed by atoms with van der Waals surface area (Å²) in [5, 5.41) is 0. The predicted octanol–water partition coefficient (Wildman–Crippen LogP) is 2.86. The molecule has 1 radical (unpaired) electrons. The van der Waals surface area contributed by atoms with Crippen molar-refractivity contribution < 1.29 is 9.59 Å². The van der Waals surface area contributed by atoms with E-state index in [0.29, 0.717) is 17.8 Å². The highest BCUT2D eigenvalue weighted by atomic mass is 16.2. The number of rotatable bonds is 5. The Bertz CT molecular complexity index is 626. The zero-order chi connectivity index (χ0) is 15.2. The number of carbonyl (C=O) groups is 1. The largest absolute Gasteiger partial charge is 0.316 e. The van der Waals surface area contributed by atoms with E-state index in [2.05, 4.69) is 0 Å². The average molecular weight is 281 g/mol. The molecule has 0 aliphatic heterocycles. The highest BCUT2D eigenvalue weighted by Crippen LogP contribution is 2.23. The second-order valence-corrected chi connectivity index (χ2v) is 4.55. The quantitative estimate of drug-likeness (QED) is 0.791. The summed E-state index contributed by atoms with van der Waals surface area (Å²) in [6.45, 7) is 2.30. The average Bonchev–Trinajstić information content (AvgIpc) is 2.56. The molecule has 21 heavy (non-hydrogen) atoms. The second kappa shape index (κ2) is 6.70. The lowest BCUT2D eigenvalue weighted by Gasteiger charge is -2.22. The van der Waals surface area contributed by atoms with Crippen LogP contribution in [0.4, 0.5) is 11.4 Å². The molecule has 0 saturated heterocycles. The van der Waals surface area contributed by atoms with E-state index in [1.54, 1.807) is 36.2 Å². The minimum Gasteiger partial charge on any atom is -0.311 e. The molecule has 0 atom stereocenters. The van der Waals surface area contributed by atoms with Gasteiger partial charge in [-0.1, -0.05) is 30.3 Å². The van der Waals surface area contributed by atoms with Crippen LogP contribution in [-0.2, 0) is 4.79 Å². The fraction of sp³-hybridized carbons (Fsp3) is 0.176. The zero-order valence-corrected chi connectivity index (χ0v) is 12.1. The molecule has 0 fully saturated rings. The van der Waals surface area contributed by atoms with Gasteiger partial charge in [-0.2, -0.15) is 0 Å². The van der Waals surface area contributed by atoms with Gasteiger partial charge in [0.1, 0.15) is 0 Å². The summed E-state index contributed by atoms with van der Waals surface area (Å²) in [6, 6.07) is 16.4. The molecular weight excluding hydrogens is 264 g/mol. The molecule has 0 unspecified atom stereocenters. The van der Waals surface area contributed by atoms with Gasteiger partial charge in [-0.3, -0.25) is 9.59 Å². The molecule has 0 bridgehead atoms. The predicted molar refractivity (Wildman–Crippen MR) is 84.3 cm³/mol. The first kappa shape index (κ1) is 14.8. The van der Waals surface area contributed by atoms with Gasteiger partial charge in [0, 0.05) is 19.3 Å². The third-order valence-corrected chi connectivity index (χ3v) is 3.30. The monoisotopic (exact) mass is 281 g/mol. The SMILES string of the molecule is CCN([C]=O)c1ccccc1C(=O)N(C)c1ccccc1. The standard InChI is InChI=1S/C17H17N2O2/c1-3-19(13-20)16-12-8-7-11-15(16)17(21)18(2)14-9-5-4-6-10-14/h4-12H,3H2,1-2H3. The lowest BCUT2D eigenvalue weighted by molar-refractivity contribution is 0.0993. The van der Waals surface area contributed by atoms with Gasteiger partial charge < -0.3 is 9.80 Å². The van der Waals surface area contributed by atoms with E-state index in [0.717, 1.165) is 5.69 Å². The number of nitrogens with zero attached hydrogens (tertiary/aromatic N) is 2. The van der Waals surface area contributed by atoms with Crippen LogP contribution in [0.2, 0.25) is 0 Å². The summed E-state index contributed by atoms with van der Waals surface area (Å²) in [4.78, 5) is 26.7. The smallest absolute Gasteiger partial charge is 0.311 e. The number of hydrogen-bond acceptors (Lipinski definition) is 2. The maximum absolute atomic E-state index is 12.7. The molecule has 4 nitrogen and oxygen atoms in total.